The largest absolute Gasteiger partial charge is 0.461 e. The molecule has 0 aliphatic heterocycles. The number of hydrogen-bond donors (Lipinski definition) is 3. The first-order valence-corrected chi connectivity index (χ1v) is 12.9. The highest BCUT2D eigenvalue weighted by atomic mass is 16.6. The van der Waals surface area contributed by atoms with Crippen LogP contribution in [-0.4, -0.2) is 47.5 Å². The average molecular weight is 556 g/mol. The summed E-state index contributed by atoms with van der Waals surface area (Å²) in [5.74, 6) is -2.81. The first-order chi connectivity index (χ1) is 18.9. The lowest BCUT2D eigenvalue weighted by Crippen LogP contribution is -2.53. The smallest absolute Gasteiger partial charge is 0.408 e. The Morgan fingerprint density at radius 3 is 1.60 bits per heavy atom. The van der Waals surface area contributed by atoms with Crippen LogP contribution in [0.25, 0.3) is 0 Å². The van der Waals surface area contributed by atoms with Crippen LogP contribution in [0.1, 0.15) is 57.6 Å². The van der Waals surface area contributed by atoms with Crippen LogP contribution in [0.5, 0.6) is 0 Å². The van der Waals surface area contributed by atoms with E-state index in [1.165, 1.54) is 0 Å². The van der Waals surface area contributed by atoms with E-state index in [9.17, 15) is 24.0 Å². The van der Waals surface area contributed by atoms with Crippen molar-refractivity contribution in [3.8, 4) is 0 Å². The van der Waals surface area contributed by atoms with Gasteiger partial charge in [0.05, 0.1) is 0 Å². The summed E-state index contributed by atoms with van der Waals surface area (Å²) in [5.41, 5.74) is 6.20. The summed E-state index contributed by atoms with van der Waals surface area (Å²) in [6.07, 6.45) is -1.52. The number of alkyl carbamates (subject to hydrolysis) is 1. The van der Waals surface area contributed by atoms with E-state index in [1.54, 1.807) is 45.0 Å². The molecule has 0 aliphatic rings. The average Bonchev–Trinajstić information content (AvgIpc) is 2.90. The molecule has 0 bridgehead atoms. The lowest BCUT2D eigenvalue weighted by Gasteiger charge is -2.24. The Balaban J connectivity index is 1.95. The summed E-state index contributed by atoms with van der Waals surface area (Å²) in [7, 11) is 0. The lowest BCUT2D eigenvalue weighted by atomic mass is 10.1. The van der Waals surface area contributed by atoms with Crippen LogP contribution in [0.15, 0.2) is 60.7 Å². The van der Waals surface area contributed by atoms with Gasteiger partial charge in [0.25, 0.3) is 0 Å². The first-order valence-electron chi connectivity index (χ1n) is 12.9. The van der Waals surface area contributed by atoms with Gasteiger partial charge in [-0.15, -0.1) is 0 Å². The zero-order chi connectivity index (χ0) is 29.5. The maximum Gasteiger partial charge on any atom is 0.408 e. The van der Waals surface area contributed by atoms with Crippen molar-refractivity contribution >= 4 is 29.8 Å². The highest BCUT2D eigenvalue weighted by Gasteiger charge is 2.28. The fourth-order valence-electron chi connectivity index (χ4n) is 3.42. The standard InChI is InChI=1S/C29H37N3O8/c1-29(2,3)40-28(37)32-23(15-17-25(34)39-19-21-12-8-5-9-13-21)27(36)31-22(26(30)35)14-16-24(33)38-18-20-10-6-4-7-11-20/h4-13,22-23H,14-19H2,1-3H3,(H2,30,35)(H,31,36)(H,32,37)/t22-,23-/m1/s1. The normalized spacial score (nSPS) is 12.4. The number of nitrogens with one attached hydrogen (secondary N) is 2. The van der Waals surface area contributed by atoms with Gasteiger partial charge in [-0.1, -0.05) is 60.7 Å². The van der Waals surface area contributed by atoms with E-state index in [-0.39, 0.29) is 38.9 Å². The molecule has 2 aromatic rings. The molecule has 0 aromatic heterocycles. The topological polar surface area (TPSA) is 163 Å². The lowest BCUT2D eigenvalue weighted by molar-refractivity contribution is -0.146. The number of benzene rings is 2. The van der Waals surface area contributed by atoms with Gasteiger partial charge in [0, 0.05) is 12.8 Å². The molecule has 11 nitrogen and oxygen atoms in total. The van der Waals surface area contributed by atoms with Crippen LogP contribution < -0.4 is 16.4 Å². The zero-order valence-corrected chi connectivity index (χ0v) is 23.0. The number of esters is 2. The van der Waals surface area contributed by atoms with Crippen molar-refractivity contribution in [1.29, 1.82) is 0 Å². The predicted molar refractivity (Wildman–Crippen MR) is 145 cm³/mol. The molecule has 2 atom stereocenters. The Morgan fingerprint density at radius 1 is 0.725 bits per heavy atom. The molecule has 3 amide bonds. The number of nitrogens with two attached hydrogens (primary N) is 1. The molecule has 0 fully saturated rings. The second-order valence-corrected chi connectivity index (χ2v) is 10.0. The SMILES string of the molecule is CC(C)(C)OC(=O)N[C@H](CCC(=O)OCc1ccccc1)C(=O)N[C@H](CCC(=O)OCc1ccccc1)C(N)=O. The molecule has 0 spiro atoms. The molecule has 0 heterocycles. The molecule has 0 aliphatic carbocycles. The number of rotatable bonds is 14. The number of carbonyl (C=O) groups is 5. The number of carbonyl (C=O) groups excluding carboxylic acids is 5. The molecule has 4 N–H and O–H groups in total. The van der Waals surface area contributed by atoms with E-state index in [1.807, 2.05) is 36.4 Å². The van der Waals surface area contributed by atoms with Gasteiger partial charge in [0.2, 0.25) is 11.8 Å². The number of amides is 3. The van der Waals surface area contributed by atoms with E-state index in [4.69, 9.17) is 19.9 Å². The third-order valence-electron chi connectivity index (χ3n) is 5.43. The van der Waals surface area contributed by atoms with Crippen LogP contribution in [0.2, 0.25) is 0 Å². The van der Waals surface area contributed by atoms with Crippen molar-refractivity contribution in [2.24, 2.45) is 5.73 Å². The highest BCUT2D eigenvalue weighted by Crippen LogP contribution is 2.10. The van der Waals surface area contributed by atoms with Crippen molar-refractivity contribution in [1.82, 2.24) is 10.6 Å². The molecular formula is C29H37N3O8. The van der Waals surface area contributed by atoms with Gasteiger partial charge in [-0.2, -0.15) is 0 Å². The summed E-state index contributed by atoms with van der Waals surface area (Å²) >= 11 is 0. The fraction of sp³-hybridized carbons (Fsp3) is 0.414. The molecule has 0 radical (unpaired) electrons. The molecule has 2 rings (SSSR count). The summed E-state index contributed by atoms with van der Waals surface area (Å²) in [4.78, 5) is 61.9. The third-order valence-corrected chi connectivity index (χ3v) is 5.43. The minimum absolute atomic E-state index is 0.0557. The number of ether oxygens (including phenoxy) is 3. The quantitative estimate of drug-likeness (QED) is 0.237. The van der Waals surface area contributed by atoms with E-state index >= 15 is 0 Å². The van der Waals surface area contributed by atoms with Gasteiger partial charge in [0.1, 0.15) is 30.9 Å². The zero-order valence-electron chi connectivity index (χ0n) is 23.0. The molecule has 216 valence electrons. The second kappa shape index (κ2) is 15.9. The maximum atomic E-state index is 13.0. The van der Waals surface area contributed by atoms with Crippen molar-refractivity contribution in [2.75, 3.05) is 0 Å². The van der Waals surface area contributed by atoms with Gasteiger partial charge < -0.3 is 30.6 Å². The molecule has 0 saturated carbocycles. The highest BCUT2D eigenvalue weighted by molar-refractivity contribution is 5.91. The maximum absolute atomic E-state index is 13.0. The first kappa shape index (κ1) is 31.8. The third kappa shape index (κ3) is 12.9. The van der Waals surface area contributed by atoms with Gasteiger partial charge in [-0.3, -0.25) is 19.2 Å². The van der Waals surface area contributed by atoms with Gasteiger partial charge in [0.15, 0.2) is 0 Å². The number of hydrogen-bond acceptors (Lipinski definition) is 8. The summed E-state index contributed by atoms with van der Waals surface area (Å²) in [6, 6.07) is 15.7. The Kier molecular flexibility index (Phi) is 12.6. The van der Waals surface area contributed by atoms with Crippen molar-refractivity contribution in [3.05, 3.63) is 71.8 Å². The minimum Gasteiger partial charge on any atom is -0.461 e. The Bertz CT molecular complexity index is 1130. The fourth-order valence-corrected chi connectivity index (χ4v) is 3.42. The molecule has 0 unspecified atom stereocenters. The van der Waals surface area contributed by atoms with Crippen molar-refractivity contribution in [2.45, 2.75) is 77.4 Å². The second-order valence-electron chi connectivity index (χ2n) is 10.0. The van der Waals surface area contributed by atoms with Crippen LogP contribution in [0.4, 0.5) is 4.79 Å². The Hall–Kier alpha value is -4.41. The summed E-state index contributed by atoms with van der Waals surface area (Å²) in [6.45, 7) is 5.09. The van der Waals surface area contributed by atoms with Crippen LogP contribution in [0.3, 0.4) is 0 Å². The monoisotopic (exact) mass is 555 g/mol. The van der Waals surface area contributed by atoms with Gasteiger partial charge in [-0.05, 0) is 44.7 Å². The van der Waals surface area contributed by atoms with E-state index in [0.717, 1.165) is 11.1 Å². The molecule has 0 saturated heterocycles. The minimum atomic E-state index is -1.24. The molecule has 11 heteroatoms. The molecule has 40 heavy (non-hydrogen) atoms. The summed E-state index contributed by atoms with van der Waals surface area (Å²) < 4.78 is 15.7. The van der Waals surface area contributed by atoms with E-state index in [0.29, 0.717) is 0 Å². The van der Waals surface area contributed by atoms with Crippen LogP contribution >= 0.6 is 0 Å². The Labute approximate surface area is 233 Å². The van der Waals surface area contributed by atoms with Gasteiger partial charge >= 0.3 is 18.0 Å². The Morgan fingerprint density at radius 2 is 1.18 bits per heavy atom. The van der Waals surface area contributed by atoms with E-state index in [2.05, 4.69) is 10.6 Å². The molecule has 2 aromatic carbocycles. The van der Waals surface area contributed by atoms with E-state index < -0.39 is 47.5 Å². The van der Waals surface area contributed by atoms with Crippen molar-refractivity contribution < 1.29 is 38.2 Å². The molecular weight excluding hydrogens is 518 g/mol. The predicted octanol–water partition coefficient (Wildman–Crippen LogP) is 2.90. The number of primary amides is 1. The summed E-state index contributed by atoms with van der Waals surface area (Å²) in [5, 5.41) is 4.88. The van der Waals surface area contributed by atoms with Crippen LogP contribution in [0, 0.1) is 0 Å². The van der Waals surface area contributed by atoms with Crippen LogP contribution in [-0.2, 0) is 46.6 Å². The van der Waals surface area contributed by atoms with Crippen molar-refractivity contribution in [3.63, 3.8) is 0 Å². The van der Waals surface area contributed by atoms with Gasteiger partial charge in [-0.25, -0.2) is 4.79 Å².